The van der Waals surface area contributed by atoms with Gasteiger partial charge >= 0.3 is 12.2 Å². The summed E-state index contributed by atoms with van der Waals surface area (Å²) in [7, 11) is 1.49. The number of carbonyl (C=O) groups excluding carboxylic acids is 3. The number of hydrazone groups is 1. The Balaban J connectivity index is 2.81. The lowest BCUT2D eigenvalue weighted by Gasteiger charge is -2.41. The van der Waals surface area contributed by atoms with Gasteiger partial charge in [0.1, 0.15) is 11.2 Å². The smallest absolute Gasteiger partial charge is 0.442 e. The number of likely N-dealkylation sites (N-methyl/N-ethyl adjacent to an activating group) is 1. The molecule has 0 N–H and O–H groups in total. The van der Waals surface area contributed by atoms with E-state index in [-0.39, 0.29) is 0 Å². The third-order valence-electron chi connectivity index (χ3n) is 4.52. The van der Waals surface area contributed by atoms with Crippen molar-refractivity contribution in [3.8, 4) is 0 Å². The summed E-state index contributed by atoms with van der Waals surface area (Å²) in [5.74, 6) is -0.576. The minimum absolute atomic E-state index is 0.308. The third kappa shape index (κ3) is 5.64. The molecule has 1 aromatic rings. The molecule has 2 rings (SSSR count). The number of benzene rings is 1. The number of rotatable bonds is 2. The number of ether oxygens (including phenoxy) is 2. The van der Waals surface area contributed by atoms with Crippen LogP contribution in [0.2, 0.25) is 0 Å². The van der Waals surface area contributed by atoms with E-state index in [4.69, 9.17) is 14.3 Å². The Hall–Kier alpha value is -3.10. The van der Waals surface area contributed by atoms with Crippen molar-refractivity contribution in [2.24, 2.45) is 10.5 Å². The number of amides is 2. The molecule has 182 valence electrons. The van der Waals surface area contributed by atoms with Crippen LogP contribution >= 0.6 is 0 Å². The molecule has 0 spiro atoms. The summed E-state index contributed by atoms with van der Waals surface area (Å²) in [4.78, 5) is 45.5. The molecule has 1 aliphatic rings. The van der Waals surface area contributed by atoms with Gasteiger partial charge in [-0.15, -0.1) is 5.06 Å². The fraction of sp³-hybridized carbons (Fsp3) is 0.583. The number of hydroxylamine groups is 2. The minimum Gasteiger partial charge on any atom is -0.442 e. The largest absolute Gasteiger partial charge is 0.534 e. The Morgan fingerprint density at radius 3 is 1.88 bits per heavy atom. The van der Waals surface area contributed by atoms with Gasteiger partial charge in [-0.2, -0.15) is 5.10 Å². The van der Waals surface area contributed by atoms with Gasteiger partial charge in [0, 0.05) is 12.5 Å². The Kier molecular flexibility index (Phi) is 6.88. The summed E-state index contributed by atoms with van der Waals surface area (Å²) in [6, 6.07) is 8.58. The molecule has 1 unspecified atom stereocenters. The van der Waals surface area contributed by atoms with Crippen LogP contribution in [0.3, 0.4) is 0 Å². The molecule has 0 saturated carbocycles. The molecule has 9 heteroatoms. The highest BCUT2D eigenvalue weighted by molar-refractivity contribution is 6.19. The Morgan fingerprint density at radius 1 is 0.909 bits per heavy atom. The first-order valence-electron chi connectivity index (χ1n) is 10.8. The van der Waals surface area contributed by atoms with Crippen LogP contribution in [-0.2, 0) is 24.6 Å². The predicted molar refractivity (Wildman–Crippen MR) is 123 cm³/mol. The third-order valence-corrected chi connectivity index (χ3v) is 4.52. The summed E-state index contributed by atoms with van der Waals surface area (Å²) in [5.41, 5.74) is -3.72. The number of nitrogens with zero attached hydrogens (tertiary/aromatic N) is 3. The zero-order valence-electron chi connectivity index (χ0n) is 21.2. The molecule has 0 aromatic heterocycles. The Bertz CT molecular complexity index is 938. The van der Waals surface area contributed by atoms with Gasteiger partial charge in [-0.25, -0.2) is 14.6 Å². The summed E-state index contributed by atoms with van der Waals surface area (Å²) in [6.07, 6.45) is -2.18. The van der Waals surface area contributed by atoms with E-state index in [0.29, 0.717) is 16.3 Å². The van der Waals surface area contributed by atoms with E-state index < -0.39 is 40.3 Å². The molecular weight excluding hydrogens is 426 g/mol. The second-order valence-electron chi connectivity index (χ2n) is 10.9. The first-order valence-corrected chi connectivity index (χ1v) is 10.8. The lowest BCUT2D eigenvalue weighted by Crippen LogP contribution is -2.62. The molecule has 1 aromatic carbocycles. The maximum absolute atomic E-state index is 13.8. The summed E-state index contributed by atoms with van der Waals surface area (Å²) in [6.45, 7) is 15.6. The molecule has 0 aliphatic carbocycles. The van der Waals surface area contributed by atoms with Crippen LogP contribution in [-0.4, -0.2) is 52.2 Å². The zero-order chi connectivity index (χ0) is 25.4. The fourth-order valence-corrected chi connectivity index (χ4v) is 3.43. The van der Waals surface area contributed by atoms with Gasteiger partial charge in [0.25, 0.3) is 5.91 Å². The quantitative estimate of drug-likeness (QED) is 0.461. The van der Waals surface area contributed by atoms with Gasteiger partial charge in [0.2, 0.25) is 5.54 Å². The molecule has 0 radical (unpaired) electrons. The Labute approximate surface area is 195 Å². The molecule has 0 saturated heterocycles. The van der Waals surface area contributed by atoms with Crippen LogP contribution in [0.15, 0.2) is 35.4 Å². The number of hydrogen-bond donors (Lipinski definition) is 0. The molecule has 1 heterocycles. The van der Waals surface area contributed by atoms with Crippen molar-refractivity contribution in [2.45, 2.75) is 79.1 Å². The second kappa shape index (κ2) is 8.68. The van der Waals surface area contributed by atoms with Crippen molar-refractivity contribution in [3.05, 3.63) is 35.9 Å². The molecule has 33 heavy (non-hydrogen) atoms. The first-order chi connectivity index (χ1) is 14.9. The van der Waals surface area contributed by atoms with Crippen molar-refractivity contribution in [1.29, 1.82) is 0 Å². The predicted octanol–water partition coefficient (Wildman–Crippen LogP) is 4.86. The highest BCUT2D eigenvalue weighted by atomic mass is 16.8. The standard InChI is InChI=1S/C24H35N3O6/c1-21(2,3)17-24(18(28)26(10)25-17,16-14-12-11-13-15-16)27(19(29)31-22(4,5)6)33-20(30)32-23(7,8)9/h11-15H,1-10H3. The van der Waals surface area contributed by atoms with Gasteiger partial charge in [0.15, 0.2) is 0 Å². The van der Waals surface area contributed by atoms with Crippen molar-refractivity contribution < 1.29 is 28.7 Å². The maximum Gasteiger partial charge on any atom is 0.534 e. The summed E-state index contributed by atoms with van der Waals surface area (Å²) in [5, 5.41) is 6.28. The summed E-state index contributed by atoms with van der Waals surface area (Å²) < 4.78 is 10.9. The molecule has 1 atom stereocenters. The van der Waals surface area contributed by atoms with Crippen LogP contribution in [0.4, 0.5) is 9.59 Å². The topological polar surface area (TPSA) is 97.7 Å². The lowest BCUT2D eigenvalue weighted by atomic mass is 9.73. The van der Waals surface area contributed by atoms with Gasteiger partial charge in [-0.3, -0.25) is 9.63 Å². The normalized spacial score (nSPS) is 19.2. The summed E-state index contributed by atoms with van der Waals surface area (Å²) >= 11 is 0. The van der Waals surface area contributed by atoms with E-state index >= 15 is 0 Å². The van der Waals surface area contributed by atoms with Crippen LogP contribution in [0.5, 0.6) is 0 Å². The molecule has 2 amide bonds. The van der Waals surface area contributed by atoms with E-state index in [9.17, 15) is 14.4 Å². The van der Waals surface area contributed by atoms with Gasteiger partial charge in [0.05, 0.1) is 5.71 Å². The van der Waals surface area contributed by atoms with Crippen LogP contribution in [0.25, 0.3) is 0 Å². The van der Waals surface area contributed by atoms with E-state index in [1.807, 2.05) is 20.8 Å². The van der Waals surface area contributed by atoms with Crippen LogP contribution in [0, 0.1) is 5.41 Å². The SMILES string of the molecule is CN1N=C(C(C)(C)C)C(c2ccccc2)(N(OC(=O)OC(C)(C)C)C(=O)OC(C)(C)C)C1=O. The first kappa shape index (κ1) is 26.2. The van der Waals surface area contributed by atoms with Gasteiger partial charge in [-0.1, -0.05) is 51.1 Å². The fourth-order valence-electron chi connectivity index (χ4n) is 3.43. The van der Waals surface area contributed by atoms with Crippen molar-refractivity contribution in [3.63, 3.8) is 0 Å². The molecule has 9 nitrogen and oxygen atoms in total. The number of carbonyl (C=O) groups is 3. The van der Waals surface area contributed by atoms with E-state index in [0.717, 1.165) is 5.01 Å². The van der Waals surface area contributed by atoms with E-state index in [2.05, 4.69) is 5.10 Å². The minimum atomic E-state index is -1.90. The van der Waals surface area contributed by atoms with Crippen molar-refractivity contribution in [1.82, 2.24) is 10.1 Å². The van der Waals surface area contributed by atoms with Crippen LogP contribution < -0.4 is 0 Å². The van der Waals surface area contributed by atoms with E-state index in [1.54, 1.807) is 71.9 Å². The average Bonchev–Trinajstić information content (AvgIpc) is 2.90. The number of hydrogen-bond acceptors (Lipinski definition) is 7. The second-order valence-corrected chi connectivity index (χ2v) is 10.9. The highest BCUT2D eigenvalue weighted by Crippen LogP contribution is 2.44. The Morgan fingerprint density at radius 2 is 1.42 bits per heavy atom. The zero-order valence-corrected chi connectivity index (χ0v) is 21.2. The molecule has 1 aliphatic heterocycles. The van der Waals surface area contributed by atoms with E-state index in [1.165, 1.54) is 7.05 Å². The van der Waals surface area contributed by atoms with Crippen molar-refractivity contribution >= 4 is 23.9 Å². The highest BCUT2D eigenvalue weighted by Gasteiger charge is 2.63. The molecular formula is C24H35N3O6. The van der Waals surface area contributed by atoms with Crippen molar-refractivity contribution in [2.75, 3.05) is 7.05 Å². The lowest BCUT2D eigenvalue weighted by molar-refractivity contribution is -0.182. The van der Waals surface area contributed by atoms with Crippen LogP contribution in [0.1, 0.15) is 67.9 Å². The monoisotopic (exact) mass is 461 g/mol. The average molecular weight is 462 g/mol. The molecule has 0 bridgehead atoms. The van der Waals surface area contributed by atoms with Gasteiger partial charge in [-0.05, 0) is 47.1 Å². The van der Waals surface area contributed by atoms with Gasteiger partial charge < -0.3 is 9.47 Å². The molecule has 0 fully saturated rings. The maximum atomic E-state index is 13.8.